The van der Waals surface area contributed by atoms with E-state index in [1.165, 1.54) is 18.2 Å². The molecule has 1 aliphatic rings. The Labute approximate surface area is 153 Å². The number of rotatable bonds is 4. The average Bonchev–Trinajstić information content (AvgIpc) is 2.62. The quantitative estimate of drug-likeness (QED) is 0.633. The number of nitrogens with one attached hydrogen (secondary N) is 2. The molecule has 0 atom stereocenters. The molecule has 1 heterocycles. The summed E-state index contributed by atoms with van der Waals surface area (Å²) in [5, 5.41) is 17.9. The summed E-state index contributed by atoms with van der Waals surface area (Å²) >= 11 is 5.84. The van der Waals surface area contributed by atoms with Crippen molar-refractivity contribution in [2.24, 2.45) is 5.10 Å². The lowest BCUT2D eigenvalue weighted by atomic mass is 10.0. The molecule has 1 aliphatic heterocycles. The molecule has 0 spiro atoms. The van der Waals surface area contributed by atoms with Gasteiger partial charge < -0.3 is 5.32 Å². The highest BCUT2D eigenvalue weighted by Crippen LogP contribution is 2.24. The van der Waals surface area contributed by atoms with Gasteiger partial charge in [-0.15, -0.1) is 0 Å². The van der Waals surface area contributed by atoms with E-state index >= 15 is 0 Å². The van der Waals surface area contributed by atoms with Crippen molar-refractivity contribution in [1.82, 2.24) is 5.43 Å². The van der Waals surface area contributed by atoms with Crippen molar-refractivity contribution in [1.29, 1.82) is 0 Å². The van der Waals surface area contributed by atoms with Crippen LogP contribution in [0.25, 0.3) is 0 Å². The van der Waals surface area contributed by atoms with Crippen LogP contribution >= 0.6 is 11.6 Å². The fourth-order valence-electron chi connectivity index (χ4n) is 2.48. The number of hydrazone groups is 1. The number of carbonyl (C=O) groups excluding carboxylic acids is 2. The standard InChI is InChI=1S/C17H13ClN4O4/c18-11-3-7-15(22(25)26)13(9-11)17(24)19-12-4-1-10(2-5-12)14-6-8-16(23)21-20-14/h1-5,7,9H,6,8H2,(H,19,24)(H,21,23). The number of anilines is 1. The first-order chi connectivity index (χ1) is 12.4. The molecule has 2 aromatic rings. The van der Waals surface area contributed by atoms with E-state index in [-0.39, 0.29) is 22.2 Å². The van der Waals surface area contributed by atoms with Crippen molar-refractivity contribution < 1.29 is 14.5 Å². The largest absolute Gasteiger partial charge is 0.322 e. The molecular weight excluding hydrogens is 360 g/mol. The number of carbonyl (C=O) groups is 2. The highest BCUT2D eigenvalue weighted by Gasteiger charge is 2.21. The van der Waals surface area contributed by atoms with Crippen molar-refractivity contribution in [3.05, 3.63) is 68.7 Å². The van der Waals surface area contributed by atoms with E-state index < -0.39 is 10.8 Å². The molecule has 2 aromatic carbocycles. The molecule has 0 bridgehead atoms. The molecule has 132 valence electrons. The van der Waals surface area contributed by atoms with Crippen LogP contribution in [0.1, 0.15) is 28.8 Å². The molecule has 9 heteroatoms. The third-order valence-corrected chi connectivity index (χ3v) is 4.02. The molecule has 0 aromatic heterocycles. The summed E-state index contributed by atoms with van der Waals surface area (Å²) in [6.07, 6.45) is 0.905. The lowest BCUT2D eigenvalue weighted by Gasteiger charge is -2.12. The zero-order valence-corrected chi connectivity index (χ0v) is 14.1. The molecule has 3 rings (SSSR count). The van der Waals surface area contributed by atoms with Gasteiger partial charge in [0, 0.05) is 29.6 Å². The van der Waals surface area contributed by atoms with Gasteiger partial charge in [-0.05, 0) is 29.8 Å². The SMILES string of the molecule is O=C1CCC(c2ccc(NC(=O)c3cc(Cl)ccc3[N+](=O)[O-])cc2)=NN1. The number of amides is 2. The van der Waals surface area contributed by atoms with Crippen LogP contribution in [0.4, 0.5) is 11.4 Å². The number of nitro benzene ring substituents is 1. The summed E-state index contributed by atoms with van der Waals surface area (Å²) in [5.41, 5.74) is 4.01. The van der Waals surface area contributed by atoms with E-state index in [4.69, 9.17) is 11.6 Å². The third kappa shape index (κ3) is 3.86. The zero-order valence-electron chi connectivity index (χ0n) is 13.4. The second-order valence-electron chi connectivity index (χ2n) is 5.54. The van der Waals surface area contributed by atoms with Crippen molar-refractivity contribution in [3.63, 3.8) is 0 Å². The number of halogens is 1. The van der Waals surface area contributed by atoms with Gasteiger partial charge >= 0.3 is 0 Å². The molecule has 0 saturated carbocycles. The van der Waals surface area contributed by atoms with Crippen molar-refractivity contribution in [3.8, 4) is 0 Å². The summed E-state index contributed by atoms with van der Waals surface area (Å²) < 4.78 is 0. The van der Waals surface area contributed by atoms with Crippen molar-refractivity contribution in [2.45, 2.75) is 12.8 Å². The van der Waals surface area contributed by atoms with Crippen LogP contribution < -0.4 is 10.7 Å². The third-order valence-electron chi connectivity index (χ3n) is 3.78. The number of benzene rings is 2. The summed E-state index contributed by atoms with van der Waals surface area (Å²) in [7, 11) is 0. The number of nitro groups is 1. The van der Waals surface area contributed by atoms with Gasteiger partial charge in [0.05, 0.1) is 10.6 Å². The van der Waals surface area contributed by atoms with Crippen molar-refractivity contribution in [2.75, 3.05) is 5.32 Å². The van der Waals surface area contributed by atoms with Crippen LogP contribution in [0, 0.1) is 10.1 Å². The van der Waals surface area contributed by atoms with Crippen LogP contribution in [0.2, 0.25) is 5.02 Å². The monoisotopic (exact) mass is 372 g/mol. The first-order valence-corrected chi connectivity index (χ1v) is 8.03. The van der Waals surface area contributed by atoms with Gasteiger partial charge in [-0.25, -0.2) is 5.43 Å². The Kier molecular flexibility index (Phi) is 4.94. The van der Waals surface area contributed by atoms with Crippen LogP contribution in [0.3, 0.4) is 0 Å². The predicted molar refractivity (Wildman–Crippen MR) is 96.4 cm³/mol. The number of hydrogen-bond acceptors (Lipinski definition) is 5. The van der Waals surface area contributed by atoms with E-state index in [1.54, 1.807) is 24.3 Å². The first-order valence-electron chi connectivity index (χ1n) is 7.65. The maximum atomic E-state index is 12.4. The summed E-state index contributed by atoms with van der Waals surface area (Å²) in [5.74, 6) is -0.755. The van der Waals surface area contributed by atoms with E-state index in [9.17, 15) is 19.7 Å². The molecule has 26 heavy (non-hydrogen) atoms. The van der Waals surface area contributed by atoms with Crippen LogP contribution in [0.5, 0.6) is 0 Å². The van der Waals surface area contributed by atoms with Crippen molar-refractivity contribution >= 4 is 40.5 Å². The summed E-state index contributed by atoms with van der Waals surface area (Å²) in [4.78, 5) is 33.9. The zero-order chi connectivity index (χ0) is 18.7. The molecule has 0 radical (unpaired) electrons. The minimum atomic E-state index is -0.635. The van der Waals surface area contributed by atoms with E-state index in [0.717, 1.165) is 11.3 Å². The second kappa shape index (κ2) is 7.32. The lowest BCUT2D eigenvalue weighted by molar-refractivity contribution is -0.385. The van der Waals surface area contributed by atoms with Gasteiger partial charge in [-0.3, -0.25) is 19.7 Å². The molecule has 2 amide bonds. The lowest BCUT2D eigenvalue weighted by Crippen LogP contribution is -2.25. The van der Waals surface area contributed by atoms with E-state index in [1.807, 2.05) is 0 Å². The fraction of sp³-hybridized carbons (Fsp3) is 0.118. The molecule has 0 aliphatic carbocycles. The van der Waals surface area contributed by atoms with Crippen LogP contribution in [0.15, 0.2) is 47.6 Å². The smallest absolute Gasteiger partial charge is 0.282 e. The molecule has 0 fully saturated rings. The second-order valence-corrected chi connectivity index (χ2v) is 5.98. The highest BCUT2D eigenvalue weighted by atomic mass is 35.5. The first kappa shape index (κ1) is 17.6. The normalized spacial score (nSPS) is 13.6. The summed E-state index contributed by atoms with van der Waals surface area (Å²) in [6, 6.07) is 10.6. The Balaban J connectivity index is 1.77. The van der Waals surface area contributed by atoms with Gasteiger partial charge in [-0.2, -0.15) is 5.10 Å². The van der Waals surface area contributed by atoms with Crippen LogP contribution in [-0.2, 0) is 4.79 Å². The maximum Gasteiger partial charge on any atom is 0.282 e. The van der Waals surface area contributed by atoms with Crippen LogP contribution in [-0.4, -0.2) is 22.4 Å². The van der Waals surface area contributed by atoms with Gasteiger partial charge in [0.1, 0.15) is 5.56 Å². The Morgan fingerprint density at radius 3 is 2.54 bits per heavy atom. The highest BCUT2D eigenvalue weighted by molar-refractivity contribution is 6.31. The van der Waals surface area contributed by atoms with E-state index in [0.29, 0.717) is 18.5 Å². The Morgan fingerprint density at radius 2 is 1.92 bits per heavy atom. The summed E-state index contributed by atoms with van der Waals surface area (Å²) in [6.45, 7) is 0. The van der Waals surface area contributed by atoms with Gasteiger partial charge in [-0.1, -0.05) is 23.7 Å². The topological polar surface area (TPSA) is 114 Å². The Hall–Kier alpha value is -3.26. The van der Waals surface area contributed by atoms with E-state index in [2.05, 4.69) is 15.8 Å². The minimum absolute atomic E-state index is 0.119. The van der Waals surface area contributed by atoms with Gasteiger partial charge in [0.2, 0.25) is 5.91 Å². The minimum Gasteiger partial charge on any atom is -0.322 e. The van der Waals surface area contributed by atoms with Gasteiger partial charge in [0.25, 0.3) is 11.6 Å². The fourth-order valence-corrected chi connectivity index (χ4v) is 2.65. The molecule has 2 N–H and O–H groups in total. The maximum absolute atomic E-state index is 12.4. The Morgan fingerprint density at radius 1 is 1.19 bits per heavy atom. The van der Waals surface area contributed by atoms with Gasteiger partial charge in [0.15, 0.2) is 0 Å². The molecular formula is C17H13ClN4O4. The Bertz CT molecular complexity index is 925. The number of nitrogens with zero attached hydrogens (tertiary/aromatic N) is 2. The average molecular weight is 373 g/mol. The number of hydrogen-bond donors (Lipinski definition) is 2. The molecule has 0 unspecified atom stereocenters. The molecule has 8 nitrogen and oxygen atoms in total. The predicted octanol–water partition coefficient (Wildman–Crippen LogP) is 3.11. The molecule has 0 saturated heterocycles.